The average Bonchev–Trinajstić information content (AvgIpc) is 3.04. The van der Waals surface area contributed by atoms with Crippen LogP contribution in [0.1, 0.15) is 10.6 Å². The summed E-state index contributed by atoms with van der Waals surface area (Å²) in [5.74, 6) is -0.249. The van der Waals surface area contributed by atoms with Crippen molar-refractivity contribution in [3.05, 3.63) is 54.4 Å². The largest absolute Gasteiger partial charge is 0.394 e. The molecule has 0 aliphatic heterocycles. The van der Waals surface area contributed by atoms with E-state index in [1.165, 1.54) is 0 Å². The molecule has 2 aromatic carbocycles. The number of aromatic nitrogens is 2. The molecule has 0 spiro atoms. The second-order valence-electron chi connectivity index (χ2n) is 5.20. The molecule has 6 heteroatoms. The van der Waals surface area contributed by atoms with E-state index in [-0.39, 0.29) is 12.4 Å². The zero-order chi connectivity index (χ0) is 16.2. The van der Waals surface area contributed by atoms with E-state index in [0.29, 0.717) is 5.52 Å². The molecule has 0 bridgehead atoms. The lowest BCUT2D eigenvalue weighted by Gasteiger charge is -2.07. The average molecular weight is 311 g/mol. The number of amides is 1. The maximum Gasteiger partial charge on any atom is 0.287 e. The highest BCUT2D eigenvalue weighted by Gasteiger charge is 2.15. The highest BCUT2D eigenvalue weighted by atomic mass is 16.3. The van der Waals surface area contributed by atoms with Crippen LogP contribution in [0.4, 0.5) is 0 Å². The van der Waals surface area contributed by atoms with Crippen molar-refractivity contribution in [2.24, 2.45) is 0 Å². The molecule has 0 saturated heterocycles. The Kier molecular flexibility index (Phi) is 4.36. The minimum atomic E-state index is -0.983. The van der Waals surface area contributed by atoms with Gasteiger partial charge in [-0.15, -0.1) is 0 Å². The summed E-state index contributed by atoms with van der Waals surface area (Å²) in [6.07, 6.45) is -0.983. The highest BCUT2D eigenvalue weighted by Crippen LogP contribution is 2.26. The van der Waals surface area contributed by atoms with Crippen LogP contribution in [0, 0.1) is 0 Å². The van der Waals surface area contributed by atoms with Gasteiger partial charge in [0.2, 0.25) is 0 Å². The van der Waals surface area contributed by atoms with E-state index in [2.05, 4.69) is 15.3 Å². The van der Waals surface area contributed by atoms with Gasteiger partial charge in [-0.25, -0.2) is 4.98 Å². The van der Waals surface area contributed by atoms with Crippen molar-refractivity contribution < 1.29 is 15.0 Å². The lowest BCUT2D eigenvalue weighted by Crippen LogP contribution is -2.34. The Labute approximate surface area is 132 Å². The molecule has 0 radical (unpaired) electrons. The van der Waals surface area contributed by atoms with Crippen molar-refractivity contribution in [1.29, 1.82) is 0 Å². The zero-order valence-electron chi connectivity index (χ0n) is 12.4. The van der Waals surface area contributed by atoms with Crippen LogP contribution >= 0.6 is 0 Å². The molecule has 3 rings (SSSR count). The third-order valence-corrected chi connectivity index (χ3v) is 3.52. The Morgan fingerprint density at radius 2 is 1.96 bits per heavy atom. The number of rotatable bonds is 5. The Balaban J connectivity index is 1.92. The van der Waals surface area contributed by atoms with E-state index in [4.69, 9.17) is 5.11 Å². The van der Waals surface area contributed by atoms with Gasteiger partial charge in [-0.05, 0) is 11.6 Å². The summed E-state index contributed by atoms with van der Waals surface area (Å²) in [4.78, 5) is 19.4. The first-order valence-electron chi connectivity index (χ1n) is 7.30. The fraction of sp³-hybridized carbons (Fsp3) is 0.176. The number of aliphatic hydroxyl groups is 2. The molecule has 0 fully saturated rings. The smallest absolute Gasteiger partial charge is 0.287 e. The molecule has 118 valence electrons. The highest BCUT2D eigenvalue weighted by molar-refractivity contribution is 5.98. The first-order chi connectivity index (χ1) is 11.2. The number of benzene rings is 2. The van der Waals surface area contributed by atoms with Gasteiger partial charge in [0.15, 0.2) is 5.82 Å². The van der Waals surface area contributed by atoms with Crippen LogP contribution in [0.3, 0.4) is 0 Å². The molecule has 1 heterocycles. The standard InChI is InChI=1S/C17H17N3O3/c21-10-12(22)9-18-17(23)16-19-14-8-4-7-13(15(14)20-16)11-5-2-1-3-6-11/h1-8,12,21-22H,9-10H2,(H,18,23)(H,19,20). The number of fused-ring (bicyclic) bond motifs is 1. The van der Waals surface area contributed by atoms with Gasteiger partial charge in [-0.2, -0.15) is 0 Å². The number of imidazole rings is 1. The molecule has 6 nitrogen and oxygen atoms in total. The van der Waals surface area contributed by atoms with E-state index in [1.807, 2.05) is 48.5 Å². The summed E-state index contributed by atoms with van der Waals surface area (Å²) in [5, 5.41) is 20.6. The Hall–Kier alpha value is -2.70. The Morgan fingerprint density at radius 1 is 1.17 bits per heavy atom. The van der Waals surface area contributed by atoms with Crippen LogP contribution in [0.25, 0.3) is 22.2 Å². The fourth-order valence-corrected chi connectivity index (χ4v) is 2.35. The molecule has 0 aliphatic rings. The summed E-state index contributed by atoms with van der Waals surface area (Å²) < 4.78 is 0. The zero-order valence-corrected chi connectivity index (χ0v) is 12.4. The van der Waals surface area contributed by atoms with E-state index >= 15 is 0 Å². The molecule has 23 heavy (non-hydrogen) atoms. The number of aromatic amines is 1. The van der Waals surface area contributed by atoms with Gasteiger partial charge in [-0.1, -0.05) is 42.5 Å². The summed E-state index contributed by atoms with van der Waals surface area (Å²) in [5.41, 5.74) is 3.44. The topological polar surface area (TPSA) is 98.2 Å². The molecule has 0 saturated carbocycles. The molecule has 4 N–H and O–H groups in total. The molecule has 3 aromatic rings. The Morgan fingerprint density at radius 3 is 2.70 bits per heavy atom. The van der Waals surface area contributed by atoms with E-state index in [9.17, 15) is 9.90 Å². The fourth-order valence-electron chi connectivity index (χ4n) is 2.35. The van der Waals surface area contributed by atoms with Crippen LogP contribution in [0.5, 0.6) is 0 Å². The summed E-state index contributed by atoms with van der Waals surface area (Å²) in [6, 6.07) is 15.5. The van der Waals surface area contributed by atoms with Crippen LogP contribution in [-0.4, -0.2) is 45.3 Å². The lowest BCUT2D eigenvalue weighted by atomic mass is 10.0. The second kappa shape index (κ2) is 6.60. The number of aliphatic hydroxyl groups excluding tert-OH is 2. The van der Waals surface area contributed by atoms with Crippen LogP contribution < -0.4 is 5.32 Å². The van der Waals surface area contributed by atoms with Crippen molar-refractivity contribution in [1.82, 2.24) is 15.3 Å². The van der Waals surface area contributed by atoms with Crippen molar-refractivity contribution >= 4 is 16.9 Å². The Bertz CT molecular complexity index is 814. The van der Waals surface area contributed by atoms with Gasteiger partial charge in [0, 0.05) is 12.1 Å². The minimum absolute atomic E-state index is 0.0298. The van der Waals surface area contributed by atoms with E-state index < -0.39 is 18.6 Å². The summed E-state index contributed by atoms with van der Waals surface area (Å²) >= 11 is 0. The van der Waals surface area contributed by atoms with E-state index in [1.54, 1.807) is 0 Å². The van der Waals surface area contributed by atoms with Crippen molar-refractivity contribution in [3.63, 3.8) is 0 Å². The predicted molar refractivity (Wildman–Crippen MR) is 87.0 cm³/mol. The van der Waals surface area contributed by atoms with E-state index in [0.717, 1.165) is 16.6 Å². The van der Waals surface area contributed by atoms with Gasteiger partial charge in [0.1, 0.15) is 0 Å². The number of hydrogen-bond donors (Lipinski definition) is 4. The molecule has 1 aromatic heterocycles. The van der Waals surface area contributed by atoms with Crippen LogP contribution in [0.2, 0.25) is 0 Å². The quantitative estimate of drug-likeness (QED) is 0.571. The normalized spacial score (nSPS) is 12.3. The number of para-hydroxylation sites is 1. The first-order valence-corrected chi connectivity index (χ1v) is 7.30. The number of carbonyl (C=O) groups excluding carboxylic acids is 1. The third kappa shape index (κ3) is 3.23. The van der Waals surface area contributed by atoms with Crippen LogP contribution in [0.15, 0.2) is 48.5 Å². The molecular formula is C17H17N3O3. The predicted octanol–water partition coefficient (Wildman–Crippen LogP) is 1.31. The van der Waals surface area contributed by atoms with Gasteiger partial charge in [0.05, 0.1) is 23.7 Å². The maximum atomic E-state index is 12.1. The molecule has 1 amide bonds. The summed E-state index contributed by atoms with van der Waals surface area (Å²) in [7, 11) is 0. The molecule has 1 unspecified atom stereocenters. The van der Waals surface area contributed by atoms with Gasteiger partial charge < -0.3 is 20.5 Å². The SMILES string of the molecule is O=C(NCC(O)CO)c1nc2c(-c3ccccc3)cccc2[nH]1. The maximum absolute atomic E-state index is 12.1. The third-order valence-electron chi connectivity index (χ3n) is 3.52. The van der Waals surface area contributed by atoms with Gasteiger partial charge in [-0.3, -0.25) is 4.79 Å². The number of carbonyl (C=O) groups is 1. The first kappa shape index (κ1) is 15.2. The number of H-pyrrole nitrogens is 1. The summed E-state index contributed by atoms with van der Waals surface area (Å²) in [6.45, 7) is -0.434. The molecule has 0 aliphatic carbocycles. The molecular weight excluding hydrogens is 294 g/mol. The van der Waals surface area contributed by atoms with Gasteiger partial charge in [0.25, 0.3) is 5.91 Å². The van der Waals surface area contributed by atoms with Gasteiger partial charge >= 0.3 is 0 Å². The number of nitrogens with one attached hydrogen (secondary N) is 2. The lowest BCUT2D eigenvalue weighted by molar-refractivity contribution is 0.0796. The van der Waals surface area contributed by atoms with Crippen molar-refractivity contribution in [2.75, 3.05) is 13.2 Å². The molecule has 1 atom stereocenters. The second-order valence-corrected chi connectivity index (χ2v) is 5.20. The van der Waals surface area contributed by atoms with Crippen molar-refractivity contribution in [3.8, 4) is 11.1 Å². The monoisotopic (exact) mass is 311 g/mol. The number of nitrogens with zero attached hydrogens (tertiary/aromatic N) is 1. The van der Waals surface area contributed by atoms with Crippen molar-refractivity contribution in [2.45, 2.75) is 6.10 Å². The number of hydrogen-bond acceptors (Lipinski definition) is 4. The van der Waals surface area contributed by atoms with Crippen LogP contribution in [-0.2, 0) is 0 Å². The minimum Gasteiger partial charge on any atom is -0.394 e.